The van der Waals surface area contributed by atoms with Gasteiger partial charge in [-0.1, -0.05) is 18.2 Å². The summed E-state index contributed by atoms with van der Waals surface area (Å²) in [6.07, 6.45) is 5.24. The molecular weight excluding hydrogens is 326 g/mol. The lowest BCUT2D eigenvalue weighted by atomic mass is 10.0. The molecule has 128 valence electrons. The minimum absolute atomic E-state index is 0.165. The van der Waals surface area contributed by atoms with Gasteiger partial charge in [0.1, 0.15) is 5.71 Å². The molecule has 2 aromatic heterocycles. The van der Waals surface area contributed by atoms with Crippen molar-refractivity contribution < 1.29 is 4.79 Å². The highest BCUT2D eigenvalue weighted by Gasteiger charge is 2.33. The van der Waals surface area contributed by atoms with E-state index in [2.05, 4.69) is 15.2 Å². The summed E-state index contributed by atoms with van der Waals surface area (Å²) in [4.78, 5) is 17.1. The fourth-order valence-corrected chi connectivity index (χ4v) is 2.94. The summed E-state index contributed by atoms with van der Waals surface area (Å²) >= 11 is 0. The van der Waals surface area contributed by atoms with Gasteiger partial charge in [-0.2, -0.15) is 15.2 Å². The maximum absolute atomic E-state index is 13.1. The van der Waals surface area contributed by atoms with Gasteiger partial charge in [-0.05, 0) is 48.9 Å². The van der Waals surface area contributed by atoms with Gasteiger partial charge in [0.25, 0.3) is 5.91 Å². The first-order valence-electron chi connectivity index (χ1n) is 8.25. The van der Waals surface area contributed by atoms with Gasteiger partial charge in [-0.25, -0.2) is 0 Å². The van der Waals surface area contributed by atoms with Crippen molar-refractivity contribution in [1.29, 1.82) is 0 Å². The minimum Gasteiger partial charge on any atom is -0.267 e. The average molecular weight is 343 g/mol. The van der Waals surface area contributed by atoms with Crippen LogP contribution in [0.15, 0.2) is 71.6 Å². The molecule has 0 bridgehead atoms. The Labute approximate surface area is 151 Å². The molecule has 0 N–H and O–H groups in total. The average Bonchev–Trinajstić information content (AvgIpc) is 3.16. The number of benzene rings is 1. The van der Waals surface area contributed by atoms with Gasteiger partial charge >= 0.3 is 0 Å². The van der Waals surface area contributed by atoms with Crippen LogP contribution < -0.4 is 5.01 Å². The Morgan fingerprint density at radius 2 is 1.77 bits per heavy atom. The summed E-state index contributed by atoms with van der Waals surface area (Å²) in [5, 5.41) is 10.4. The number of hydrazone groups is 1. The topological polar surface area (TPSA) is 63.4 Å². The van der Waals surface area contributed by atoms with Gasteiger partial charge in [-0.15, -0.1) is 0 Å². The van der Waals surface area contributed by atoms with E-state index in [1.54, 1.807) is 17.1 Å². The molecule has 6 heteroatoms. The number of nitrogens with zero attached hydrogens (tertiary/aromatic N) is 5. The lowest BCUT2D eigenvalue weighted by molar-refractivity contribution is -0.114. The number of aryl methyl sites for hydroxylation is 2. The molecular formula is C20H17N5O. The van der Waals surface area contributed by atoms with Crippen LogP contribution in [-0.2, 0) is 11.8 Å². The van der Waals surface area contributed by atoms with Gasteiger partial charge in [-0.3, -0.25) is 14.5 Å². The number of hydrogen-bond acceptors (Lipinski definition) is 4. The third kappa shape index (κ3) is 2.82. The summed E-state index contributed by atoms with van der Waals surface area (Å²) in [5.74, 6) is -0.165. The lowest BCUT2D eigenvalue weighted by Crippen LogP contribution is -2.21. The number of carbonyl (C=O) groups excluding carboxylic acids is 1. The number of anilines is 1. The zero-order valence-corrected chi connectivity index (χ0v) is 14.5. The quantitative estimate of drug-likeness (QED) is 0.687. The van der Waals surface area contributed by atoms with E-state index in [-0.39, 0.29) is 5.91 Å². The fourth-order valence-electron chi connectivity index (χ4n) is 2.94. The summed E-state index contributed by atoms with van der Waals surface area (Å²) in [6, 6.07) is 15.1. The van der Waals surface area contributed by atoms with Crippen molar-refractivity contribution in [2.24, 2.45) is 12.1 Å². The normalized spacial score (nSPS) is 15.6. The van der Waals surface area contributed by atoms with Gasteiger partial charge in [0.05, 0.1) is 22.6 Å². The van der Waals surface area contributed by atoms with E-state index in [1.165, 1.54) is 5.01 Å². The molecule has 1 aliphatic rings. The second-order valence-corrected chi connectivity index (χ2v) is 6.03. The second-order valence-electron chi connectivity index (χ2n) is 6.03. The van der Waals surface area contributed by atoms with Crippen LogP contribution in [0.1, 0.15) is 17.0 Å². The Hall–Kier alpha value is -3.54. The molecule has 0 saturated heterocycles. The van der Waals surface area contributed by atoms with E-state index in [1.807, 2.05) is 68.6 Å². The smallest absolute Gasteiger partial charge is 0.267 e. The molecule has 1 amide bonds. The van der Waals surface area contributed by atoms with Gasteiger partial charge in [0, 0.05) is 19.4 Å². The van der Waals surface area contributed by atoms with E-state index in [0.29, 0.717) is 11.3 Å². The third-order valence-electron chi connectivity index (χ3n) is 4.14. The maximum atomic E-state index is 13.1. The van der Waals surface area contributed by atoms with Crippen molar-refractivity contribution in [3.63, 3.8) is 0 Å². The number of carbonyl (C=O) groups is 1. The van der Waals surface area contributed by atoms with E-state index in [4.69, 9.17) is 0 Å². The molecule has 0 radical (unpaired) electrons. The SMILES string of the molecule is Cc1cc(C2=NN(c3ccccc3)C(=O)C2=Cc2ccncc2)n(C)n1. The number of pyridine rings is 1. The van der Waals surface area contributed by atoms with Crippen molar-refractivity contribution in [3.05, 3.63) is 83.4 Å². The Bertz CT molecular complexity index is 1020. The molecule has 1 aromatic carbocycles. The number of hydrogen-bond donors (Lipinski definition) is 0. The van der Waals surface area contributed by atoms with Crippen LogP contribution in [-0.4, -0.2) is 26.4 Å². The first kappa shape index (κ1) is 16.0. The van der Waals surface area contributed by atoms with E-state index < -0.39 is 0 Å². The van der Waals surface area contributed by atoms with Crippen LogP contribution >= 0.6 is 0 Å². The van der Waals surface area contributed by atoms with E-state index in [9.17, 15) is 4.79 Å². The van der Waals surface area contributed by atoms with Gasteiger partial charge in [0.15, 0.2) is 0 Å². The molecule has 1 aliphatic heterocycles. The van der Waals surface area contributed by atoms with Crippen LogP contribution in [0.4, 0.5) is 5.69 Å². The maximum Gasteiger partial charge on any atom is 0.281 e. The van der Waals surface area contributed by atoms with Crippen LogP contribution in [0.25, 0.3) is 6.08 Å². The lowest BCUT2D eigenvalue weighted by Gasteiger charge is -2.10. The van der Waals surface area contributed by atoms with Crippen LogP contribution in [0.5, 0.6) is 0 Å². The standard InChI is InChI=1S/C20H17N5O/c1-14-12-18(24(2)22-14)19-17(13-15-8-10-21-11-9-15)20(26)25(23-19)16-6-4-3-5-7-16/h3-13H,1-2H3. The molecule has 0 spiro atoms. The zero-order chi connectivity index (χ0) is 18.1. The Kier molecular flexibility index (Phi) is 3.93. The molecule has 0 aliphatic carbocycles. The van der Waals surface area contributed by atoms with Crippen molar-refractivity contribution in [2.75, 3.05) is 5.01 Å². The monoisotopic (exact) mass is 343 g/mol. The van der Waals surface area contributed by atoms with Crippen LogP contribution in [0.3, 0.4) is 0 Å². The Balaban J connectivity index is 1.86. The summed E-state index contributed by atoms with van der Waals surface area (Å²) in [7, 11) is 1.85. The molecule has 4 rings (SSSR count). The van der Waals surface area contributed by atoms with Crippen molar-refractivity contribution in [1.82, 2.24) is 14.8 Å². The minimum atomic E-state index is -0.165. The fraction of sp³-hybridized carbons (Fsp3) is 0.100. The summed E-state index contributed by atoms with van der Waals surface area (Å²) < 4.78 is 1.75. The molecule has 0 unspecified atom stereocenters. The van der Waals surface area contributed by atoms with Gasteiger partial charge < -0.3 is 0 Å². The van der Waals surface area contributed by atoms with Gasteiger partial charge in [0.2, 0.25) is 0 Å². The Morgan fingerprint density at radius 1 is 1.04 bits per heavy atom. The number of aromatic nitrogens is 3. The highest BCUT2D eigenvalue weighted by Crippen LogP contribution is 2.27. The summed E-state index contributed by atoms with van der Waals surface area (Å²) in [5.41, 5.74) is 4.44. The van der Waals surface area contributed by atoms with E-state index >= 15 is 0 Å². The zero-order valence-electron chi connectivity index (χ0n) is 14.5. The predicted molar refractivity (Wildman–Crippen MR) is 101 cm³/mol. The molecule has 0 atom stereocenters. The largest absolute Gasteiger partial charge is 0.281 e. The molecule has 3 heterocycles. The number of rotatable bonds is 3. The van der Waals surface area contributed by atoms with Crippen LogP contribution in [0.2, 0.25) is 0 Å². The second kappa shape index (κ2) is 6.40. The van der Waals surface area contributed by atoms with Crippen LogP contribution in [0, 0.1) is 6.92 Å². The highest BCUT2D eigenvalue weighted by molar-refractivity contribution is 6.37. The number of amides is 1. The molecule has 6 nitrogen and oxygen atoms in total. The molecule has 26 heavy (non-hydrogen) atoms. The molecule has 0 saturated carbocycles. The van der Waals surface area contributed by atoms with Crippen molar-refractivity contribution >= 4 is 23.4 Å². The first-order valence-corrected chi connectivity index (χ1v) is 8.25. The molecule has 0 fully saturated rings. The number of para-hydroxylation sites is 1. The van der Waals surface area contributed by atoms with E-state index in [0.717, 1.165) is 22.6 Å². The summed E-state index contributed by atoms with van der Waals surface area (Å²) in [6.45, 7) is 1.92. The molecule has 3 aromatic rings. The predicted octanol–water partition coefficient (Wildman–Crippen LogP) is 2.96. The van der Waals surface area contributed by atoms with Crippen molar-refractivity contribution in [2.45, 2.75) is 6.92 Å². The third-order valence-corrected chi connectivity index (χ3v) is 4.14. The highest BCUT2D eigenvalue weighted by atomic mass is 16.2. The first-order chi connectivity index (χ1) is 12.6. The van der Waals surface area contributed by atoms with Crippen molar-refractivity contribution in [3.8, 4) is 0 Å². The Morgan fingerprint density at radius 3 is 2.42 bits per heavy atom.